The predicted molar refractivity (Wildman–Crippen MR) is 66.7 cm³/mol. The number of nitrogens with one attached hydrogen (secondary N) is 1. The van der Waals surface area contributed by atoms with E-state index in [-0.39, 0.29) is 0 Å². The lowest BCUT2D eigenvalue weighted by molar-refractivity contribution is 0.673. The first-order valence-corrected chi connectivity index (χ1v) is 6.18. The summed E-state index contributed by atoms with van der Waals surface area (Å²) in [6, 6.07) is 1.99. The highest BCUT2D eigenvalue weighted by atomic mass is 32.1. The van der Waals surface area contributed by atoms with Crippen LogP contribution in [0.5, 0.6) is 0 Å². The lowest BCUT2D eigenvalue weighted by atomic mass is 10.2. The summed E-state index contributed by atoms with van der Waals surface area (Å²) in [5, 5.41) is 10.6. The van der Waals surface area contributed by atoms with Gasteiger partial charge in [-0.25, -0.2) is 4.98 Å². The summed E-state index contributed by atoms with van der Waals surface area (Å²) in [6.45, 7) is 3.14. The van der Waals surface area contributed by atoms with Gasteiger partial charge in [-0.2, -0.15) is 5.10 Å². The topological polar surface area (TPSA) is 42.7 Å². The second kappa shape index (κ2) is 4.76. The number of thiazole rings is 1. The van der Waals surface area contributed by atoms with Gasteiger partial charge >= 0.3 is 0 Å². The number of rotatable bonds is 4. The van der Waals surface area contributed by atoms with Crippen LogP contribution in [0.1, 0.15) is 17.8 Å². The van der Waals surface area contributed by atoms with E-state index in [1.807, 2.05) is 24.8 Å². The molecule has 86 valence electrons. The van der Waals surface area contributed by atoms with Crippen molar-refractivity contribution in [3.05, 3.63) is 22.7 Å². The summed E-state index contributed by atoms with van der Waals surface area (Å²) < 4.78 is 1.85. The van der Waals surface area contributed by atoms with Crippen LogP contribution < -0.4 is 5.32 Å². The van der Waals surface area contributed by atoms with Crippen molar-refractivity contribution in [2.75, 3.05) is 13.6 Å². The highest BCUT2D eigenvalue weighted by Crippen LogP contribution is 2.25. The molecule has 0 radical (unpaired) electrons. The van der Waals surface area contributed by atoms with Gasteiger partial charge in [0.1, 0.15) is 0 Å². The Morgan fingerprint density at radius 1 is 1.56 bits per heavy atom. The van der Waals surface area contributed by atoms with E-state index in [9.17, 15) is 0 Å². The van der Waals surface area contributed by atoms with E-state index in [0.29, 0.717) is 5.92 Å². The van der Waals surface area contributed by atoms with E-state index in [4.69, 9.17) is 0 Å². The lowest BCUT2D eigenvalue weighted by Crippen LogP contribution is -2.14. The Bertz CT molecular complexity index is 460. The normalized spacial score (nSPS) is 12.9. The van der Waals surface area contributed by atoms with Gasteiger partial charge in [-0.1, -0.05) is 6.92 Å². The first kappa shape index (κ1) is 11.3. The minimum absolute atomic E-state index is 0.456. The predicted octanol–water partition coefficient (Wildman–Crippen LogP) is 1.87. The lowest BCUT2D eigenvalue weighted by Gasteiger charge is -2.05. The summed E-state index contributed by atoms with van der Waals surface area (Å²) in [6.07, 6.45) is 1.80. The van der Waals surface area contributed by atoms with E-state index in [1.54, 1.807) is 17.5 Å². The Hall–Kier alpha value is -1.20. The molecule has 1 unspecified atom stereocenters. The fraction of sp³-hybridized carbons (Fsp3) is 0.455. The molecule has 1 atom stereocenters. The molecule has 2 heterocycles. The maximum Gasteiger partial charge on any atom is 0.0995 e. The van der Waals surface area contributed by atoms with Crippen LogP contribution in [0.15, 0.2) is 17.6 Å². The highest BCUT2D eigenvalue weighted by Gasteiger charge is 2.12. The van der Waals surface area contributed by atoms with Crippen LogP contribution in [0.25, 0.3) is 11.4 Å². The van der Waals surface area contributed by atoms with E-state index >= 15 is 0 Å². The Labute approximate surface area is 99.3 Å². The van der Waals surface area contributed by atoms with E-state index in [1.165, 1.54) is 5.01 Å². The van der Waals surface area contributed by atoms with Crippen molar-refractivity contribution in [2.24, 2.45) is 7.05 Å². The van der Waals surface area contributed by atoms with Crippen LogP contribution in [-0.4, -0.2) is 28.4 Å². The highest BCUT2D eigenvalue weighted by molar-refractivity contribution is 7.10. The summed E-state index contributed by atoms with van der Waals surface area (Å²) in [5.74, 6) is 0.456. The fourth-order valence-corrected chi connectivity index (χ4v) is 2.52. The van der Waals surface area contributed by atoms with Crippen molar-refractivity contribution >= 4 is 11.3 Å². The molecule has 0 aliphatic rings. The zero-order valence-electron chi connectivity index (χ0n) is 9.77. The van der Waals surface area contributed by atoms with Gasteiger partial charge in [0, 0.05) is 31.1 Å². The van der Waals surface area contributed by atoms with Gasteiger partial charge in [-0.05, 0) is 13.1 Å². The minimum Gasteiger partial charge on any atom is -0.319 e. The molecule has 0 amide bonds. The summed E-state index contributed by atoms with van der Waals surface area (Å²) in [7, 11) is 3.90. The molecule has 4 nitrogen and oxygen atoms in total. The molecule has 0 fully saturated rings. The minimum atomic E-state index is 0.456. The monoisotopic (exact) mass is 236 g/mol. The molecule has 1 N–H and O–H groups in total. The zero-order chi connectivity index (χ0) is 11.5. The number of hydrogen-bond donors (Lipinski definition) is 1. The van der Waals surface area contributed by atoms with Crippen molar-refractivity contribution in [3.8, 4) is 11.4 Å². The molecule has 0 aliphatic carbocycles. The third kappa shape index (κ3) is 2.15. The third-order valence-electron chi connectivity index (χ3n) is 2.54. The first-order valence-electron chi connectivity index (χ1n) is 5.30. The van der Waals surface area contributed by atoms with Crippen LogP contribution >= 0.6 is 11.3 Å². The molecule has 2 aromatic heterocycles. The maximum absolute atomic E-state index is 4.65. The molecule has 0 bridgehead atoms. The molecule has 0 aliphatic heterocycles. The smallest absolute Gasteiger partial charge is 0.0995 e. The summed E-state index contributed by atoms with van der Waals surface area (Å²) >= 11 is 1.71. The molecule has 2 aromatic rings. The van der Waals surface area contributed by atoms with Gasteiger partial charge in [0.2, 0.25) is 0 Å². The molecule has 16 heavy (non-hydrogen) atoms. The Balaban J connectivity index is 2.23. The third-order valence-corrected chi connectivity index (χ3v) is 3.61. The Morgan fingerprint density at radius 3 is 3.00 bits per heavy atom. The number of nitrogens with zero attached hydrogens (tertiary/aromatic N) is 3. The number of likely N-dealkylation sites (N-methyl/N-ethyl adjacent to an activating group) is 1. The SMILES string of the molecule is CNCC(C)c1nc(-c2ccnn2C)cs1. The van der Waals surface area contributed by atoms with Crippen molar-refractivity contribution in [1.29, 1.82) is 0 Å². The van der Waals surface area contributed by atoms with Crippen molar-refractivity contribution in [2.45, 2.75) is 12.8 Å². The average molecular weight is 236 g/mol. The molecule has 0 aromatic carbocycles. The van der Waals surface area contributed by atoms with E-state index in [2.05, 4.69) is 27.7 Å². The first-order chi connectivity index (χ1) is 7.72. The molecule has 0 spiro atoms. The fourth-order valence-electron chi connectivity index (χ4n) is 1.65. The molecule has 2 rings (SSSR count). The Kier molecular flexibility index (Phi) is 3.36. The standard InChI is InChI=1S/C11H16N4S/c1-8(6-12-2)11-14-9(7-16-11)10-4-5-13-15(10)3/h4-5,7-8,12H,6H2,1-3H3. The Morgan fingerprint density at radius 2 is 2.38 bits per heavy atom. The summed E-state index contributed by atoms with van der Waals surface area (Å²) in [5.41, 5.74) is 2.09. The largest absolute Gasteiger partial charge is 0.319 e. The molecular weight excluding hydrogens is 220 g/mol. The van der Waals surface area contributed by atoms with E-state index < -0.39 is 0 Å². The molecule has 0 saturated carbocycles. The van der Waals surface area contributed by atoms with Crippen molar-refractivity contribution < 1.29 is 0 Å². The second-order valence-corrected chi connectivity index (χ2v) is 4.76. The summed E-state index contributed by atoms with van der Waals surface area (Å²) in [4.78, 5) is 4.65. The average Bonchev–Trinajstić information content (AvgIpc) is 2.86. The second-order valence-electron chi connectivity index (χ2n) is 3.87. The van der Waals surface area contributed by atoms with E-state index in [0.717, 1.165) is 17.9 Å². The molecule has 5 heteroatoms. The number of aromatic nitrogens is 3. The van der Waals surface area contributed by atoms with Gasteiger partial charge in [-0.3, -0.25) is 4.68 Å². The van der Waals surface area contributed by atoms with Crippen molar-refractivity contribution in [1.82, 2.24) is 20.1 Å². The number of aryl methyl sites for hydroxylation is 1. The zero-order valence-corrected chi connectivity index (χ0v) is 10.6. The van der Waals surface area contributed by atoms with Gasteiger partial charge in [-0.15, -0.1) is 11.3 Å². The van der Waals surface area contributed by atoms with Crippen LogP contribution in [0.2, 0.25) is 0 Å². The van der Waals surface area contributed by atoms with Crippen molar-refractivity contribution in [3.63, 3.8) is 0 Å². The maximum atomic E-state index is 4.65. The van der Waals surface area contributed by atoms with Crippen LogP contribution in [0.4, 0.5) is 0 Å². The van der Waals surface area contributed by atoms with Crippen LogP contribution in [0, 0.1) is 0 Å². The van der Waals surface area contributed by atoms with Crippen LogP contribution in [0.3, 0.4) is 0 Å². The van der Waals surface area contributed by atoms with Gasteiger partial charge in [0.25, 0.3) is 0 Å². The van der Waals surface area contributed by atoms with Gasteiger partial charge < -0.3 is 5.32 Å². The van der Waals surface area contributed by atoms with Gasteiger partial charge in [0.05, 0.1) is 16.4 Å². The molecular formula is C11H16N4S. The molecule has 0 saturated heterocycles. The quantitative estimate of drug-likeness (QED) is 0.881. The van der Waals surface area contributed by atoms with Crippen LogP contribution in [-0.2, 0) is 7.05 Å². The number of hydrogen-bond acceptors (Lipinski definition) is 4. The van der Waals surface area contributed by atoms with Gasteiger partial charge in [0.15, 0.2) is 0 Å².